The summed E-state index contributed by atoms with van der Waals surface area (Å²) >= 11 is 1.02. The van der Waals surface area contributed by atoms with Crippen molar-refractivity contribution in [1.82, 2.24) is 20.2 Å². The van der Waals surface area contributed by atoms with E-state index in [4.69, 9.17) is 10.5 Å². The highest BCUT2D eigenvalue weighted by Crippen LogP contribution is 2.48. The summed E-state index contributed by atoms with van der Waals surface area (Å²) in [6.07, 6.45) is -5.59. The number of piperidine rings is 1. The van der Waals surface area contributed by atoms with Crippen LogP contribution in [0.1, 0.15) is 44.2 Å². The number of aromatic nitrogens is 2. The van der Waals surface area contributed by atoms with Crippen LogP contribution in [0.5, 0.6) is 6.01 Å². The molecule has 0 radical (unpaired) electrons. The predicted molar refractivity (Wildman–Crippen MR) is 176 cm³/mol. The standard InChI is InChI=1S/C34H35F6N7OS/c1-3-46-10-9-22(29(36)37)33(2,15-46)16-48-32-44-28-20(31(45-32)47-13-17-7-8-18(14-47)43-17)11-23(34(38,39)40)26(27(28)35)19-5-4-6-24-25(19)21(12-41)30(42)49-24/h4-6,11,17-18,22,29,43H,3,7-10,13-16,42H2,1-2H3/t17-,18+,22-,33+/m1/s1. The summed E-state index contributed by atoms with van der Waals surface area (Å²) in [6.45, 7) is 5.82. The van der Waals surface area contributed by atoms with Crippen LogP contribution in [0, 0.1) is 28.5 Å². The average Bonchev–Trinajstić information content (AvgIpc) is 3.58. The number of nitriles is 1. The molecule has 2 bridgehead atoms. The third-order valence-corrected chi connectivity index (χ3v) is 11.3. The van der Waals surface area contributed by atoms with Crippen LogP contribution in [0.3, 0.4) is 0 Å². The van der Waals surface area contributed by atoms with E-state index in [-0.39, 0.29) is 63.8 Å². The number of rotatable bonds is 7. The zero-order valence-corrected chi connectivity index (χ0v) is 27.7. The molecule has 0 amide bonds. The molecule has 5 heterocycles. The zero-order chi connectivity index (χ0) is 34.8. The van der Waals surface area contributed by atoms with Gasteiger partial charge in [0.1, 0.15) is 22.4 Å². The Hall–Kier alpha value is -3.87. The summed E-state index contributed by atoms with van der Waals surface area (Å²) in [7, 11) is 0. The number of alkyl halides is 5. The van der Waals surface area contributed by atoms with Crippen LogP contribution in [0.4, 0.5) is 37.2 Å². The molecule has 0 aliphatic carbocycles. The molecular formula is C34H35F6N7OS. The van der Waals surface area contributed by atoms with E-state index in [1.54, 1.807) is 13.0 Å². The van der Waals surface area contributed by atoms with E-state index >= 15 is 4.39 Å². The number of nitrogens with two attached hydrogens (primary N) is 1. The van der Waals surface area contributed by atoms with Gasteiger partial charge in [0.05, 0.1) is 17.7 Å². The van der Waals surface area contributed by atoms with Gasteiger partial charge in [0.25, 0.3) is 0 Å². The normalized spacial score (nSPS) is 24.7. The van der Waals surface area contributed by atoms with Crippen LogP contribution in [0.25, 0.3) is 32.1 Å². The number of likely N-dealkylation sites (tertiary alicyclic amines) is 1. The fraction of sp³-hybridized carbons (Fsp3) is 0.500. The zero-order valence-electron chi connectivity index (χ0n) is 26.9. The van der Waals surface area contributed by atoms with Crippen LogP contribution in [-0.2, 0) is 6.18 Å². The Labute approximate surface area is 282 Å². The van der Waals surface area contributed by atoms with Crippen molar-refractivity contribution in [1.29, 1.82) is 5.26 Å². The SMILES string of the molecule is CCN1CC[C@H](C(F)F)[C@](C)(COc2nc(N3C[C@H]4CC[C@@H](C3)N4)c3cc(C(F)(F)F)c(-c4cccc5sc(N)c(C#N)c45)c(F)c3n2)C1. The number of hydrogen-bond donors (Lipinski definition) is 2. The molecule has 3 N–H and O–H groups in total. The van der Waals surface area contributed by atoms with Crippen molar-refractivity contribution in [2.75, 3.05) is 50.0 Å². The minimum Gasteiger partial charge on any atom is -0.463 e. The topological polar surface area (TPSA) is 103 Å². The number of hydrogen-bond acceptors (Lipinski definition) is 9. The molecule has 15 heteroatoms. The molecule has 0 spiro atoms. The molecule has 2 aromatic carbocycles. The van der Waals surface area contributed by atoms with Gasteiger partial charge < -0.3 is 25.6 Å². The van der Waals surface area contributed by atoms with Gasteiger partial charge in [-0.1, -0.05) is 26.0 Å². The van der Waals surface area contributed by atoms with E-state index < -0.39 is 46.4 Å². The summed E-state index contributed by atoms with van der Waals surface area (Å²) in [4.78, 5) is 12.8. The van der Waals surface area contributed by atoms with Crippen molar-refractivity contribution in [3.8, 4) is 23.2 Å². The summed E-state index contributed by atoms with van der Waals surface area (Å²) < 4.78 is 96.8. The second kappa shape index (κ2) is 12.5. The molecule has 8 nitrogen and oxygen atoms in total. The van der Waals surface area contributed by atoms with Gasteiger partial charge in [-0.15, -0.1) is 11.3 Å². The van der Waals surface area contributed by atoms with Crippen molar-refractivity contribution in [2.45, 2.75) is 57.8 Å². The van der Waals surface area contributed by atoms with Gasteiger partial charge >= 0.3 is 12.2 Å². The first-order valence-electron chi connectivity index (χ1n) is 16.3. The van der Waals surface area contributed by atoms with Crippen molar-refractivity contribution in [3.63, 3.8) is 0 Å². The lowest BCUT2D eigenvalue weighted by Gasteiger charge is -2.45. The summed E-state index contributed by atoms with van der Waals surface area (Å²) in [5, 5.41) is 13.4. The van der Waals surface area contributed by atoms with Gasteiger partial charge in [0.15, 0.2) is 5.82 Å². The Morgan fingerprint density at radius 2 is 1.92 bits per heavy atom. The Morgan fingerprint density at radius 3 is 2.57 bits per heavy atom. The van der Waals surface area contributed by atoms with E-state index in [0.29, 0.717) is 37.4 Å². The van der Waals surface area contributed by atoms with Crippen LogP contribution in [0.15, 0.2) is 24.3 Å². The summed E-state index contributed by atoms with van der Waals surface area (Å²) in [5.74, 6) is -2.15. The number of nitrogens with one attached hydrogen (secondary N) is 1. The molecule has 260 valence electrons. The maximum Gasteiger partial charge on any atom is 0.417 e. The Kier molecular flexibility index (Phi) is 8.56. The lowest BCUT2D eigenvalue weighted by atomic mass is 9.73. The molecule has 0 unspecified atom stereocenters. The number of nitrogens with zero attached hydrogens (tertiary/aromatic N) is 5. The number of benzene rings is 2. The van der Waals surface area contributed by atoms with Gasteiger partial charge in [0, 0.05) is 64.1 Å². The molecule has 3 aliphatic heterocycles. The highest BCUT2D eigenvalue weighted by Gasteiger charge is 2.45. The first-order valence-corrected chi connectivity index (χ1v) is 17.1. The largest absolute Gasteiger partial charge is 0.463 e. The average molecular weight is 704 g/mol. The molecule has 49 heavy (non-hydrogen) atoms. The van der Waals surface area contributed by atoms with Gasteiger partial charge in [0.2, 0.25) is 6.43 Å². The molecule has 7 rings (SSSR count). The lowest BCUT2D eigenvalue weighted by Crippen LogP contribution is -2.52. The summed E-state index contributed by atoms with van der Waals surface area (Å²) in [5.41, 5.74) is 2.44. The minimum atomic E-state index is -5.00. The number of ether oxygens (including phenoxy) is 1. The predicted octanol–water partition coefficient (Wildman–Crippen LogP) is 7.06. The smallest absolute Gasteiger partial charge is 0.417 e. The van der Waals surface area contributed by atoms with Gasteiger partial charge in [-0.25, -0.2) is 13.2 Å². The van der Waals surface area contributed by atoms with E-state index in [1.807, 2.05) is 17.9 Å². The second-order valence-corrected chi connectivity index (χ2v) is 14.6. The molecular weight excluding hydrogens is 668 g/mol. The van der Waals surface area contributed by atoms with Gasteiger partial charge in [-0.2, -0.15) is 28.4 Å². The number of thiophene rings is 1. The third kappa shape index (κ3) is 5.91. The first kappa shape index (κ1) is 33.6. The number of nitrogen functional groups attached to an aromatic ring is 1. The minimum absolute atomic E-state index is 0.0395. The quantitative estimate of drug-likeness (QED) is 0.198. The molecule has 3 aliphatic rings. The number of anilines is 2. The van der Waals surface area contributed by atoms with E-state index in [0.717, 1.165) is 30.2 Å². The monoisotopic (exact) mass is 703 g/mol. The van der Waals surface area contributed by atoms with Gasteiger partial charge in [-0.3, -0.25) is 0 Å². The fourth-order valence-electron chi connectivity index (χ4n) is 7.90. The maximum atomic E-state index is 17.1. The maximum absolute atomic E-state index is 17.1. The lowest BCUT2D eigenvalue weighted by molar-refractivity contribution is -0.137. The molecule has 4 atom stereocenters. The highest BCUT2D eigenvalue weighted by molar-refractivity contribution is 7.23. The number of halogens is 6. The van der Waals surface area contributed by atoms with E-state index in [1.165, 1.54) is 12.1 Å². The third-order valence-electron chi connectivity index (χ3n) is 10.4. The van der Waals surface area contributed by atoms with Crippen LogP contribution in [0.2, 0.25) is 0 Å². The Bertz CT molecular complexity index is 1950. The first-order chi connectivity index (χ1) is 23.3. The highest BCUT2D eigenvalue weighted by atomic mass is 32.1. The van der Waals surface area contributed by atoms with E-state index in [9.17, 15) is 27.2 Å². The molecule has 3 saturated heterocycles. The van der Waals surface area contributed by atoms with Crippen molar-refractivity contribution in [3.05, 3.63) is 41.2 Å². The van der Waals surface area contributed by atoms with Crippen molar-refractivity contribution >= 4 is 43.1 Å². The molecule has 4 aromatic rings. The van der Waals surface area contributed by atoms with Crippen LogP contribution >= 0.6 is 11.3 Å². The molecule has 0 saturated carbocycles. The second-order valence-electron chi connectivity index (χ2n) is 13.6. The Morgan fingerprint density at radius 1 is 1.18 bits per heavy atom. The van der Waals surface area contributed by atoms with Crippen LogP contribution < -0.4 is 20.7 Å². The van der Waals surface area contributed by atoms with Crippen molar-refractivity contribution in [2.24, 2.45) is 11.3 Å². The molecule has 3 fully saturated rings. The number of piperazine rings is 1. The number of fused-ring (bicyclic) bond motifs is 4. The van der Waals surface area contributed by atoms with E-state index in [2.05, 4.69) is 20.2 Å². The summed E-state index contributed by atoms with van der Waals surface area (Å²) in [6, 6.07) is 7.07. The Balaban J connectivity index is 1.42. The van der Waals surface area contributed by atoms with Crippen LogP contribution in [-0.4, -0.2) is 72.7 Å². The van der Waals surface area contributed by atoms with Gasteiger partial charge in [-0.05, 0) is 50.0 Å². The molecule has 2 aromatic heterocycles. The van der Waals surface area contributed by atoms with Crippen molar-refractivity contribution < 1.29 is 31.1 Å². The fourth-order valence-corrected chi connectivity index (χ4v) is 8.85.